The molecule has 0 bridgehead atoms. The summed E-state index contributed by atoms with van der Waals surface area (Å²) in [5, 5.41) is 9.92. The molecule has 1 N–H and O–H groups in total. The zero-order valence-corrected chi connectivity index (χ0v) is 24.8. The number of ether oxygens (including phenoxy) is 2. The summed E-state index contributed by atoms with van der Waals surface area (Å²) in [5.41, 5.74) is 6.93. The summed E-state index contributed by atoms with van der Waals surface area (Å²) in [5.74, 6) is 2.63. The average Bonchev–Trinajstić information content (AvgIpc) is 2.95. The molecule has 0 amide bonds. The van der Waals surface area contributed by atoms with Crippen molar-refractivity contribution in [1.82, 2.24) is 4.90 Å². The van der Waals surface area contributed by atoms with Gasteiger partial charge in [-0.3, -0.25) is 4.90 Å². The van der Waals surface area contributed by atoms with Crippen molar-refractivity contribution in [2.24, 2.45) is 5.41 Å². The van der Waals surface area contributed by atoms with Crippen molar-refractivity contribution in [2.45, 2.75) is 65.3 Å². The van der Waals surface area contributed by atoms with Crippen molar-refractivity contribution in [3.63, 3.8) is 0 Å². The predicted molar refractivity (Wildman–Crippen MR) is 164 cm³/mol. The van der Waals surface area contributed by atoms with Crippen LogP contribution in [0, 0.1) is 5.41 Å². The number of anilines is 1. The quantitative estimate of drug-likeness (QED) is 0.294. The lowest BCUT2D eigenvalue weighted by Gasteiger charge is -2.37. The van der Waals surface area contributed by atoms with Crippen LogP contribution in [0.15, 0.2) is 60.7 Å². The lowest BCUT2D eigenvalue weighted by Crippen LogP contribution is -2.41. The van der Waals surface area contributed by atoms with Crippen LogP contribution in [0.4, 0.5) is 5.69 Å². The molecule has 5 rings (SSSR count). The Bertz CT molecular complexity index is 1270. The number of aryl methyl sites for hydroxylation is 1. The van der Waals surface area contributed by atoms with Gasteiger partial charge in [-0.1, -0.05) is 38.1 Å². The summed E-state index contributed by atoms with van der Waals surface area (Å²) >= 11 is 0. The molecule has 0 spiro atoms. The number of phenolic OH excluding ortho intramolecular Hbond substituents is 1. The first-order chi connectivity index (χ1) is 19.3. The first-order valence-corrected chi connectivity index (χ1v) is 15.0. The lowest BCUT2D eigenvalue weighted by atomic mass is 9.79. The number of hydrogen-bond acceptors (Lipinski definition) is 5. The third-order valence-corrected chi connectivity index (χ3v) is 8.77. The van der Waals surface area contributed by atoms with Crippen LogP contribution in [0.3, 0.4) is 0 Å². The van der Waals surface area contributed by atoms with Crippen molar-refractivity contribution in [1.29, 1.82) is 0 Å². The zero-order chi connectivity index (χ0) is 28.1. The number of phenols is 1. The van der Waals surface area contributed by atoms with Crippen molar-refractivity contribution in [3.05, 3.63) is 82.9 Å². The van der Waals surface area contributed by atoms with Crippen molar-refractivity contribution in [3.8, 4) is 17.2 Å². The van der Waals surface area contributed by atoms with Crippen LogP contribution in [0.25, 0.3) is 0 Å². The van der Waals surface area contributed by atoms with E-state index < -0.39 is 0 Å². The molecule has 2 aliphatic rings. The van der Waals surface area contributed by atoms with Crippen LogP contribution in [0.1, 0.15) is 68.2 Å². The molecule has 1 aliphatic heterocycles. The minimum Gasteiger partial charge on any atom is -0.508 e. The van der Waals surface area contributed by atoms with Gasteiger partial charge in [-0.05, 0) is 109 Å². The van der Waals surface area contributed by atoms with Gasteiger partial charge in [0.05, 0.1) is 7.11 Å². The summed E-state index contributed by atoms with van der Waals surface area (Å²) in [7, 11) is 1.74. The molecule has 3 aromatic carbocycles. The predicted octanol–water partition coefficient (Wildman–Crippen LogP) is 7.20. The normalized spacial score (nSPS) is 18.6. The Morgan fingerprint density at radius 1 is 1.00 bits per heavy atom. The molecule has 1 aliphatic carbocycles. The SMILES string of the molecule is CCN(Cc1ccc(OCCN2CCCC(C)(C)C2)cc1)c1cc(OC)ccc1[C@@H]1CCc2cc(O)ccc2C1. The van der Waals surface area contributed by atoms with Crippen molar-refractivity contribution < 1.29 is 14.6 Å². The van der Waals surface area contributed by atoms with Crippen LogP contribution in [-0.2, 0) is 19.4 Å². The smallest absolute Gasteiger partial charge is 0.120 e. The Labute approximate surface area is 240 Å². The second kappa shape index (κ2) is 12.6. The fraction of sp³-hybridized carbons (Fsp3) is 0.486. The largest absolute Gasteiger partial charge is 0.508 e. The Morgan fingerprint density at radius 2 is 1.80 bits per heavy atom. The van der Waals surface area contributed by atoms with Crippen molar-refractivity contribution >= 4 is 5.69 Å². The molecule has 3 aromatic rings. The van der Waals surface area contributed by atoms with E-state index in [9.17, 15) is 5.11 Å². The van der Waals surface area contributed by atoms with Gasteiger partial charge in [0.25, 0.3) is 0 Å². The van der Waals surface area contributed by atoms with E-state index in [0.29, 0.717) is 17.1 Å². The van der Waals surface area contributed by atoms with Gasteiger partial charge < -0.3 is 19.5 Å². The number of fused-ring (bicyclic) bond motifs is 1. The van der Waals surface area contributed by atoms with E-state index in [-0.39, 0.29) is 0 Å². The summed E-state index contributed by atoms with van der Waals surface area (Å²) in [6.45, 7) is 12.8. The Hall–Kier alpha value is -3.18. The van der Waals surface area contributed by atoms with Gasteiger partial charge in [0.1, 0.15) is 23.9 Å². The number of piperidine rings is 1. The van der Waals surface area contributed by atoms with Gasteiger partial charge in [0.15, 0.2) is 0 Å². The van der Waals surface area contributed by atoms with Gasteiger partial charge in [-0.2, -0.15) is 0 Å². The Kier molecular flexibility index (Phi) is 8.90. The number of hydrogen-bond donors (Lipinski definition) is 1. The molecule has 0 unspecified atom stereocenters. The maximum Gasteiger partial charge on any atom is 0.120 e. The van der Waals surface area contributed by atoms with E-state index in [2.05, 4.69) is 79.1 Å². The molecular weight excluding hydrogens is 496 g/mol. The van der Waals surface area contributed by atoms with E-state index in [1.165, 1.54) is 47.3 Å². The maximum absolute atomic E-state index is 9.92. The molecule has 1 atom stereocenters. The molecule has 1 fully saturated rings. The van der Waals surface area contributed by atoms with Crippen LogP contribution in [0.5, 0.6) is 17.2 Å². The highest BCUT2D eigenvalue weighted by atomic mass is 16.5. The number of methoxy groups -OCH3 is 1. The number of nitrogens with zero attached hydrogens (tertiary/aromatic N) is 2. The van der Waals surface area contributed by atoms with Crippen molar-refractivity contribution in [2.75, 3.05) is 44.8 Å². The Morgan fingerprint density at radius 3 is 2.55 bits per heavy atom. The van der Waals surface area contributed by atoms with Crippen LogP contribution in [-0.4, -0.2) is 49.9 Å². The average molecular weight is 543 g/mol. The Balaban J connectivity index is 1.25. The standard InChI is InChI=1S/C35H46N2O3/c1-5-37(24-26-7-13-31(14-8-26)40-20-19-36-18-6-17-35(2,3)25-36)34-23-32(39-4)15-16-33(34)29-10-9-28-22-30(38)12-11-27(28)21-29/h7-8,11-16,22-23,29,38H,5-6,9-10,17-21,24-25H2,1-4H3/t29-/m1/s1. The summed E-state index contributed by atoms with van der Waals surface area (Å²) in [6, 6.07) is 21.0. The molecule has 0 aromatic heterocycles. The minimum atomic E-state index is 0.363. The summed E-state index contributed by atoms with van der Waals surface area (Å²) < 4.78 is 11.8. The molecule has 0 radical (unpaired) electrons. The highest BCUT2D eigenvalue weighted by molar-refractivity contribution is 5.60. The number of benzene rings is 3. The maximum atomic E-state index is 9.92. The molecule has 1 saturated heterocycles. The topological polar surface area (TPSA) is 45.2 Å². The monoisotopic (exact) mass is 542 g/mol. The van der Waals surface area contributed by atoms with E-state index in [1.807, 2.05) is 12.1 Å². The summed E-state index contributed by atoms with van der Waals surface area (Å²) in [6.07, 6.45) is 5.66. The molecule has 5 nitrogen and oxygen atoms in total. The zero-order valence-electron chi connectivity index (χ0n) is 24.8. The van der Waals surface area contributed by atoms with Crippen LogP contribution >= 0.6 is 0 Å². The van der Waals surface area contributed by atoms with E-state index in [1.54, 1.807) is 7.11 Å². The van der Waals surface area contributed by atoms with Gasteiger partial charge in [0.2, 0.25) is 0 Å². The van der Waals surface area contributed by atoms with Gasteiger partial charge >= 0.3 is 0 Å². The molecular formula is C35H46N2O3. The van der Waals surface area contributed by atoms with Gasteiger partial charge in [-0.25, -0.2) is 0 Å². The van der Waals surface area contributed by atoms with Crippen LogP contribution < -0.4 is 14.4 Å². The van der Waals surface area contributed by atoms with E-state index in [4.69, 9.17) is 9.47 Å². The highest BCUT2D eigenvalue weighted by Gasteiger charge is 2.26. The number of aromatic hydroxyl groups is 1. The number of rotatable bonds is 10. The first-order valence-electron chi connectivity index (χ1n) is 15.0. The second-order valence-corrected chi connectivity index (χ2v) is 12.4. The third-order valence-electron chi connectivity index (χ3n) is 8.77. The lowest BCUT2D eigenvalue weighted by molar-refractivity contribution is 0.102. The molecule has 0 saturated carbocycles. The fourth-order valence-corrected chi connectivity index (χ4v) is 6.58. The molecule has 1 heterocycles. The number of likely N-dealkylation sites (tertiary alicyclic amines) is 1. The third kappa shape index (κ3) is 6.93. The summed E-state index contributed by atoms with van der Waals surface area (Å²) in [4.78, 5) is 5.00. The van der Waals surface area contributed by atoms with E-state index >= 15 is 0 Å². The van der Waals surface area contributed by atoms with Gasteiger partial charge in [-0.15, -0.1) is 0 Å². The fourth-order valence-electron chi connectivity index (χ4n) is 6.58. The molecule has 40 heavy (non-hydrogen) atoms. The minimum absolute atomic E-state index is 0.363. The van der Waals surface area contributed by atoms with Crippen LogP contribution in [0.2, 0.25) is 0 Å². The van der Waals surface area contributed by atoms with E-state index in [0.717, 1.165) is 63.5 Å². The molecule has 5 heteroatoms. The highest BCUT2D eigenvalue weighted by Crippen LogP contribution is 2.40. The van der Waals surface area contributed by atoms with Gasteiger partial charge in [0, 0.05) is 37.9 Å². The molecule has 214 valence electrons. The second-order valence-electron chi connectivity index (χ2n) is 12.4. The first kappa shape index (κ1) is 28.4.